The highest BCUT2D eigenvalue weighted by Crippen LogP contribution is 2.31. The van der Waals surface area contributed by atoms with Gasteiger partial charge in [0.25, 0.3) is 0 Å². The number of aryl methyl sites for hydroxylation is 1. The number of rotatable bonds is 6. The molecule has 1 heterocycles. The first-order chi connectivity index (χ1) is 14.9. The van der Waals surface area contributed by atoms with Gasteiger partial charge in [-0.2, -0.15) is 0 Å². The molecule has 0 N–H and O–H groups in total. The summed E-state index contributed by atoms with van der Waals surface area (Å²) in [5.74, 6) is 0.438. The van der Waals surface area contributed by atoms with E-state index in [9.17, 15) is 14.0 Å². The fraction of sp³-hybridized carbons (Fsp3) is 0.269. The molecule has 0 radical (unpaired) electrons. The van der Waals surface area contributed by atoms with E-state index in [-0.39, 0.29) is 40.3 Å². The van der Waals surface area contributed by atoms with Gasteiger partial charge < -0.3 is 21.7 Å². The lowest BCUT2D eigenvalue weighted by atomic mass is 9.79. The number of nitrogens with zero attached hydrogens (tertiary/aromatic N) is 1. The molecule has 166 valence electrons. The van der Waals surface area contributed by atoms with Crippen molar-refractivity contribution in [1.29, 1.82) is 0 Å². The maximum Gasteiger partial charge on any atom is 0.180 e. The number of aromatic nitrogens is 1. The van der Waals surface area contributed by atoms with Crippen molar-refractivity contribution < 1.29 is 40.3 Å². The molecule has 0 fully saturated rings. The Balaban J connectivity index is 0.00000289. The molecule has 1 aromatic heterocycles. The number of pyridine rings is 1. The molecule has 0 bridgehead atoms. The van der Waals surface area contributed by atoms with Crippen molar-refractivity contribution in [3.8, 4) is 5.75 Å². The summed E-state index contributed by atoms with van der Waals surface area (Å²) >= 11 is 0. The lowest BCUT2D eigenvalue weighted by Crippen LogP contribution is -3.00. The van der Waals surface area contributed by atoms with E-state index in [1.54, 1.807) is 26.2 Å². The zero-order valence-corrected chi connectivity index (χ0v) is 19.7. The van der Waals surface area contributed by atoms with Crippen LogP contribution < -0.4 is 26.3 Å². The molecule has 0 saturated heterocycles. The van der Waals surface area contributed by atoms with Gasteiger partial charge in [-0.15, -0.1) is 0 Å². The van der Waals surface area contributed by atoms with E-state index in [0.29, 0.717) is 18.5 Å². The summed E-state index contributed by atoms with van der Waals surface area (Å²) in [6.45, 7) is 2.09. The summed E-state index contributed by atoms with van der Waals surface area (Å²) in [5.41, 5.74) is 4.24. The highest BCUT2D eigenvalue weighted by molar-refractivity contribution is 6.01. The molecule has 4 nitrogen and oxygen atoms in total. The Bertz CT molecular complexity index is 1140. The Morgan fingerprint density at radius 1 is 1.16 bits per heavy atom. The minimum Gasteiger partial charge on any atom is -1.00 e. The molecule has 1 aliphatic rings. The van der Waals surface area contributed by atoms with Gasteiger partial charge in [-0.25, -0.2) is 8.96 Å². The van der Waals surface area contributed by atoms with Crippen LogP contribution in [0, 0.1) is 11.7 Å². The fourth-order valence-corrected chi connectivity index (χ4v) is 4.25. The van der Waals surface area contributed by atoms with Gasteiger partial charge >= 0.3 is 0 Å². The van der Waals surface area contributed by atoms with Gasteiger partial charge in [0.05, 0.1) is 12.7 Å². The molecule has 0 aliphatic heterocycles. The third kappa shape index (κ3) is 5.13. The van der Waals surface area contributed by atoms with E-state index < -0.39 is 0 Å². The number of ether oxygens (including phenoxy) is 1. The number of methoxy groups -OCH3 is 1. The first kappa shape index (κ1) is 23.8. The number of Topliss-reactive ketones (excluding diaryl/α,β-unsaturated/α-hetero) is 2. The first-order valence-electron chi connectivity index (χ1n) is 10.4. The van der Waals surface area contributed by atoms with Crippen molar-refractivity contribution in [3.63, 3.8) is 0 Å². The van der Waals surface area contributed by atoms with E-state index in [1.165, 1.54) is 12.1 Å². The Morgan fingerprint density at radius 2 is 1.91 bits per heavy atom. The van der Waals surface area contributed by atoms with Gasteiger partial charge in [-0.05, 0) is 79.8 Å². The number of hydrogen-bond donors (Lipinski definition) is 0. The Kier molecular flexibility index (Phi) is 7.56. The highest BCUT2D eigenvalue weighted by Gasteiger charge is 2.29. The second-order valence-corrected chi connectivity index (χ2v) is 8.07. The fourth-order valence-electron chi connectivity index (χ4n) is 4.25. The van der Waals surface area contributed by atoms with Gasteiger partial charge in [-0.3, -0.25) is 9.59 Å². The molecule has 3 aromatic rings. The Hall–Kier alpha value is -2.86. The highest BCUT2D eigenvalue weighted by atomic mass is 79.9. The third-order valence-electron chi connectivity index (χ3n) is 5.94. The average molecular weight is 498 g/mol. The molecule has 2 aromatic carbocycles. The van der Waals surface area contributed by atoms with Crippen LogP contribution in [0.25, 0.3) is 0 Å². The zero-order valence-electron chi connectivity index (χ0n) is 18.1. The van der Waals surface area contributed by atoms with E-state index in [4.69, 9.17) is 4.74 Å². The smallest absolute Gasteiger partial charge is 0.180 e. The van der Waals surface area contributed by atoms with Crippen LogP contribution in [-0.4, -0.2) is 18.7 Å². The van der Waals surface area contributed by atoms with E-state index in [1.807, 2.05) is 41.2 Å². The van der Waals surface area contributed by atoms with Crippen molar-refractivity contribution in [2.24, 2.45) is 5.92 Å². The van der Waals surface area contributed by atoms with Gasteiger partial charge in [-0.1, -0.05) is 0 Å². The molecule has 32 heavy (non-hydrogen) atoms. The number of halogens is 2. The van der Waals surface area contributed by atoms with Crippen LogP contribution in [0.2, 0.25) is 0 Å². The van der Waals surface area contributed by atoms with Crippen molar-refractivity contribution in [2.45, 2.75) is 32.7 Å². The molecule has 1 unspecified atom stereocenters. The summed E-state index contributed by atoms with van der Waals surface area (Å²) < 4.78 is 20.3. The van der Waals surface area contributed by atoms with Crippen molar-refractivity contribution in [1.82, 2.24) is 0 Å². The van der Waals surface area contributed by atoms with Gasteiger partial charge in [0.1, 0.15) is 11.6 Å². The van der Waals surface area contributed by atoms with Gasteiger partial charge in [0, 0.05) is 23.1 Å². The van der Waals surface area contributed by atoms with Crippen LogP contribution in [0.3, 0.4) is 0 Å². The largest absolute Gasteiger partial charge is 1.00 e. The van der Waals surface area contributed by atoms with E-state index in [0.717, 1.165) is 40.8 Å². The summed E-state index contributed by atoms with van der Waals surface area (Å²) in [4.78, 5) is 25.4. The molecular weight excluding hydrogens is 473 g/mol. The summed E-state index contributed by atoms with van der Waals surface area (Å²) in [5, 5.41) is 0. The molecule has 1 aliphatic carbocycles. The van der Waals surface area contributed by atoms with Crippen LogP contribution in [0.1, 0.15) is 50.8 Å². The molecule has 6 heteroatoms. The number of benzene rings is 2. The van der Waals surface area contributed by atoms with Crippen LogP contribution in [0.15, 0.2) is 60.9 Å². The number of ketones is 2. The minimum atomic E-state index is -0.273. The standard InChI is InChI=1S/C26H25FNO3.BrH/c1-17(29)25-16-28(15-18-3-7-22(27)8-4-18)12-11-20(25)13-21-6-5-19-14-23(31-2)9-10-24(19)26(21)30;/h3-4,7-12,14,16,21H,5-6,13,15H2,1-2H3;1H/q+1;/p-1. The second-order valence-electron chi connectivity index (χ2n) is 8.07. The Morgan fingerprint density at radius 3 is 2.59 bits per heavy atom. The van der Waals surface area contributed by atoms with E-state index in [2.05, 4.69) is 0 Å². The topological polar surface area (TPSA) is 47.2 Å². The number of hydrogen-bond acceptors (Lipinski definition) is 3. The van der Waals surface area contributed by atoms with Crippen LogP contribution >= 0.6 is 0 Å². The molecule has 4 rings (SSSR count). The third-order valence-corrected chi connectivity index (χ3v) is 5.94. The average Bonchev–Trinajstić information content (AvgIpc) is 2.77. The second kappa shape index (κ2) is 10.2. The SMILES string of the molecule is COc1ccc2c(c1)CCC(Cc1cc[n+](Cc3ccc(F)cc3)cc1C(C)=O)C2=O.[Br-]. The van der Waals surface area contributed by atoms with Crippen molar-refractivity contribution in [3.05, 3.63) is 94.6 Å². The van der Waals surface area contributed by atoms with Crippen LogP contribution in [-0.2, 0) is 19.4 Å². The lowest BCUT2D eigenvalue weighted by Gasteiger charge is -2.24. The van der Waals surface area contributed by atoms with Crippen LogP contribution in [0.4, 0.5) is 4.39 Å². The van der Waals surface area contributed by atoms with E-state index >= 15 is 0 Å². The summed E-state index contributed by atoms with van der Waals surface area (Å²) in [6.07, 6.45) is 5.84. The molecule has 0 saturated carbocycles. The zero-order chi connectivity index (χ0) is 22.0. The Labute approximate surface area is 197 Å². The predicted octanol–water partition coefficient (Wildman–Crippen LogP) is 1.36. The molecule has 1 atom stereocenters. The number of carbonyl (C=O) groups excluding carboxylic acids is 2. The molecule has 0 spiro atoms. The minimum absolute atomic E-state index is 0. The van der Waals surface area contributed by atoms with Crippen molar-refractivity contribution >= 4 is 11.6 Å². The maximum absolute atomic E-state index is 13.1. The first-order valence-corrected chi connectivity index (χ1v) is 10.4. The quantitative estimate of drug-likeness (QED) is 0.381. The lowest BCUT2D eigenvalue weighted by molar-refractivity contribution is -0.688. The summed E-state index contributed by atoms with van der Waals surface area (Å²) in [6, 6.07) is 13.9. The maximum atomic E-state index is 13.1. The van der Waals surface area contributed by atoms with Gasteiger partial charge in [0.2, 0.25) is 0 Å². The number of fused-ring (bicyclic) bond motifs is 1. The predicted molar refractivity (Wildman–Crippen MR) is 115 cm³/mol. The monoisotopic (exact) mass is 497 g/mol. The number of carbonyl (C=O) groups is 2. The normalized spacial score (nSPS) is 15.0. The molecule has 0 amide bonds. The molecular formula is C26H25BrFNO3. The van der Waals surface area contributed by atoms with Crippen LogP contribution in [0.5, 0.6) is 5.75 Å². The summed E-state index contributed by atoms with van der Waals surface area (Å²) in [7, 11) is 1.62. The van der Waals surface area contributed by atoms with Crippen molar-refractivity contribution in [2.75, 3.05) is 7.11 Å². The van der Waals surface area contributed by atoms with Gasteiger partial charge in [0.15, 0.2) is 30.5 Å².